The molecule has 10 heteroatoms. The molecule has 1 atom stereocenters. The Morgan fingerprint density at radius 3 is 2.77 bits per heavy atom. The lowest BCUT2D eigenvalue weighted by Gasteiger charge is -2.17. The summed E-state index contributed by atoms with van der Waals surface area (Å²) >= 11 is 6.08. The van der Waals surface area contributed by atoms with Gasteiger partial charge < -0.3 is 20.6 Å². The number of aromatic nitrogens is 5. The Kier molecular flexibility index (Phi) is 6.10. The van der Waals surface area contributed by atoms with Gasteiger partial charge >= 0.3 is 0 Å². The first kappa shape index (κ1) is 22.8. The molecule has 0 saturated carbocycles. The van der Waals surface area contributed by atoms with Crippen LogP contribution in [0.2, 0.25) is 5.02 Å². The van der Waals surface area contributed by atoms with Gasteiger partial charge in [-0.2, -0.15) is 5.10 Å². The molecule has 0 bridgehead atoms. The number of nitrogen functional groups attached to an aromatic ring is 1. The van der Waals surface area contributed by atoms with Crippen molar-refractivity contribution in [2.24, 2.45) is 5.73 Å². The molecular formula is C25H24ClN7O2. The molecule has 4 heterocycles. The second-order valence-electron chi connectivity index (χ2n) is 8.32. The predicted octanol–water partition coefficient (Wildman–Crippen LogP) is 4.48. The fourth-order valence-corrected chi connectivity index (χ4v) is 4.13. The number of ether oxygens (including phenoxy) is 1. The van der Waals surface area contributed by atoms with Crippen LogP contribution in [0.3, 0.4) is 0 Å². The van der Waals surface area contributed by atoms with Gasteiger partial charge in [0.05, 0.1) is 29.5 Å². The lowest BCUT2D eigenvalue weighted by molar-refractivity contribution is 0.288. The van der Waals surface area contributed by atoms with E-state index in [1.54, 1.807) is 12.5 Å². The van der Waals surface area contributed by atoms with E-state index >= 15 is 0 Å². The van der Waals surface area contributed by atoms with E-state index in [1.165, 1.54) is 0 Å². The summed E-state index contributed by atoms with van der Waals surface area (Å²) in [6.07, 6.45) is 3.89. The third-order valence-electron chi connectivity index (χ3n) is 5.69. The normalized spacial score (nSPS) is 12.2. The highest BCUT2D eigenvalue weighted by Gasteiger charge is 2.20. The van der Waals surface area contributed by atoms with Crippen LogP contribution in [0.5, 0.6) is 5.75 Å². The van der Waals surface area contributed by atoms with Gasteiger partial charge in [-0.3, -0.25) is 5.10 Å². The lowest BCUT2D eigenvalue weighted by Crippen LogP contribution is -2.30. The average Bonchev–Trinajstić information content (AvgIpc) is 3.43. The molecule has 0 aliphatic carbocycles. The number of hydrogen-bond acceptors (Lipinski definition) is 8. The van der Waals surface area contributed by atoms with E-state index in [0.29, 0.717) is 51.1 Å². The molecule has 1 aromatic carbocycles. The van der Waals surface area contributed by atoms with Crippen molar-refractivity contribution in [2.75, 3.05) is 12.3 Å². The first-order chi connectivity index (χ1) is 16.9. The number of hydrogen-bond donors (Lipinski definition) is 3. The number of anilines is 1. The Labute approximate surface area is 206 Å². The van der Waals surface area contributed by atoms with Crippen molar-refractivity contribution in [3.05, 3.63) is 70.9 Å². The van der Waals surface area contributed by atoms with E-state index in [9.17, 15) is 0 Å². The van der Waals surface area contributed by atoms with Crippen molar-refractivity contribution in [1.29, 1.82) is 0 Å². The van der Waals surface area contributed by atoms with Crippen molar-refractivity contribution in [2.45, 2.75) is 26.3 Å². The van der Waals surface area contributed by atoms with Crippen LogP contribution < -0.4 is 16.2 Å². The monoisotopic (exact) mass is 489 g/mol. The second kappa shape index (κ2) is 9.36. The van der Waals surface area contributed by atoms with Crippen LogP contribution in [-0.2, 0) is 6.42 Å². The molecule has 35 heavy (non-hydrogen) atoms. The van der Waals surface area contributed by atoms with Crippen LogP contribution in [0.15, 0.2) is 53.3 Å². The standard InChI is InChI=1S/C25H24ClN7O2/c1-13-22-25(33-32-13)29-11-20(30-22)19-10-21(24(28)31-23(19)18-6-7-34-14(18)2)35-12-17(27)9-15-4-3-5-16(26)8-15/h3-8,10-11,17H,9,12,27H2,1-2H3,(H2,28,31)(H,29,32,33)/t17-/m0/s1. The van der Waals surface area contributed by atoms with E-state index in [4.69, 9.17) is 37.2 Å². The molecule has 5 N–H and O–H groups in total. The van der Waals surface area contributed by atoms with Gasteiger partial charge in [0.15, 0.2) is 17.2 Å². The largest absolute Gasteiger partial charge is 0.488 e. The van der Waals surface area contributed by atoms with Gasteiger partial charge in [-0.05, 0) is 50.1 Å². The predicted molar refractivity (Wildman–Crippen MR) is 135 cm³/mol. The summed E-state index contributed by atoms with van der Waals surface area (Å²) in [6, 6.07) is 11.0. The van der Waals surface area contributed by atoms with E-state index in [-0.39, 0.29) is 18.5 Å². The Hall–Kier alpha value is -3.95. The highest BCUT2D eigenvalue weighted by Crippen LogP contribution is 2.37. The molecule has 5 aromatic rings. The maximum Gasteiger partial charge on any atom is 0.174 e. The Morgan fingerprint density at radius 2 is 2.00 bits per heavy atom. The van der Waals surface area contributed by atoms with Crippen LogP contribution >= 0.6 is 11.6 Å². The summed E-state index contributed by atoms with van der Waals surface area (Å²) in [5, 5.41) is 7.73. The van der Waals surface area contributed by atoms with Crippen LogP contribution in [0.1, 0.15) is 17.0 Å². The number of benzene rings is 1. The van der Waals surface area contributed by atoms with Crippen molar-refractivity contribution >= 4 is 28.6 Å². The number of nitrogens with two attached hydrogens (primary N) is 2. The Bertz CT molecular complexity index is 1510. The molecule has 0 unspecified atom stereocenters. The Balaban J connectivity index is 1.49. The number of nitrogens with zero attached hydrogens (tertiary/aromatic N) is 4. The minimum Gasteiger partial charge on any atom is -0.488 e. The number of halogens is 1. The number of fused-ring (bicyclic) bond motifs is 1. The van der Waals surface area contributed by atoms with Gasteiger partial charge in [0.25, 0.3) is 0 Å². The molecule has 0 spiro atoms. The van der Waals surface area contributed by atoms with E-state index < -0.39 is 0 Å². The number of aromatic amines is 1. The van der Waals surface area contributed by atoms with Gasteiger partial charge in [0, 0.05) is 22.2 Å². The quantitative estimate of drug-likeness (QED) is 0.304. The molecule has 4 aromatic heterocycles. The van der Waals surface area contributed by atoms with Gasteiger partial charge in [-0.15, -0.1) is 0 Å². The SMILES string of the molecule is Cc1occc1-c1nc(N)c(OC[C@@H](N)Cc2cccc(Cl)c2)cc1-c1cnc2[nH]nc(C)c2n1. The summed E-state index contributed by atoms with van der Waals surface area (Å²) in [4.78, 5) is 13.9. The fraction of sp³-hybridized carbons (Fsp3) is 0.200. The second-order valence-corrected chi connectivity index (χ2v) is 8.76. The van der Waals surface area contributed by atoms with E-state index in [1.807, 2.05) is 50.2 Å². The summed E-state index contributed by atoms with van der Waals surface area (Å²) in [5.41, 5.74) is 18.4. The van der Waals surface area contributed by atoms with Crippen LogP contribution in [0.25, 0.3) is 33.7 Å². The van der Waals surface area contributed by atoms with Crippen LogP contribution in [-0.4, -0.2) is 37.8 Å². The zero-order valence-corrected chi connectivity index (χ0v) is 20.0. The number of H-pyrrole nitrogens is 1. The number of nitrogens with one attached hydrogen (secondary N) is 1. The van der Waals surface area contributed by atoms with Crippen LogP contribution in [0, 0.1) is 13.8 Å². The molecule has 5 rings (SSSR count). The summed E-state index contributed by atoms with van der Waals surface area (Å²) in [7, 11) is 0. The topological polar surface area (TPSA) is 142 Å². The summed E-state index contributed by atoms with van der Waals surface area (Å²) in [6.45, 7) is 3.98. The minimum atomic E-state index is -0.267. The highest BCUT2D eigenvalue weighted by atomic mass is 35.5. The highest BCUT2D eigenvalue weighted by molar-refractivity contribution is 6.30. The third kappa shape index (κ3) is 4.68. The van der Waals surface area contributed by atoms with Gasteiger partial charge in [-0.25, -0.2) is 15.0 Å². The van der Waals surface area contributed by atoms with Gasteiger partial charge in [0.2, 0.25) is 0 Å². The van der Waals surface area contributed by atoms with E-state index in [0.717, 1.165) is 16.8 Å². The fourth-order valence-electron chi connectivity index (χ4n) is 3.92. The zero-order chi connectivity index (χ0) is 24.5. The molecule has 0 fully saturated rings. The number of rotatable bonds is 7. The lowest BCUT2D eigenvalue weighted by atomic mass is 10.0. The number of pyridine rings is 1. The maximum absolute atomic E-state index is 6.32. The molecular weight excluding hydrogens is 466 g/mol. The molecule has 0 aliphatic heterocycles. The van der Waals surface area contributed by atoms with Crippen molar-refractivity contribution in [1.82, 2.24) is 25.1 Å². The molecule has 0 aliphatic rings. The van der Waals surface area contributed by atoms with Gasteiger partial charge in [0.1, 0.15) is 17.9 Å². The number of furan rings is 1. The first-order valence-corrected chi connectivity index (χ1v) is 11.4. The minimum absolute atomic E-state index is 0.243. The Morgan fingerprint density at radius 1 is 1.14 bits per heavy atom. The van der Waals surface area contributed by atoms with Crippen molar-refractivity contribution < 1.29 is 9.15 Å². The molecule has 0 radical (unpaired) electrons. The third-order valence-corrected chi connectivity index (χ3v) is 5.92. The zero-order valence-electron chi connectivity index (χ0n) is 19.2. The van der Waals surface area contributed by atoms with Gasteiger partial charge in [-0.1, -0.05) is 23.7 Å². The molecule has 0 amide bonds. The number of aryl methyl sites for hydroxylation is 2. The van der Waals surface area contributed by atoms with Crippen molar-refractivity contribution in [3.8, 4) is 28.3 Å². The van der Waals surface area contributed by atoms with E-state index in [2.05, 4.69) is 20.2 Å². The maximum atomic E-state index is 6.32. The summed E-state index contributed by atoms with van der Waals surface area (Å²) < 4.78 is 11.5. The van der Waals surface area contributed by atoms with Crippen LogP contribution in [0.4, 0.5) is 5.82 Å². The van der Waals surface area contributed by atoms with Crippen molar-refractivity contribution in [3.63, 3.8) is 0 Å². The molecule has 0 saturated heterocycles. The average molecular weight is 490 g/mol. The molecule has 9 nitrogen and oxygen atoms in total. The first-order valence-electron chi connectivity index (χ1n) is 11.0. The summed E-state index contributed by atoms with van der Waals surface area (Å²) in [5.74, 6) is 1.37. The molecule has 178 valence electrons. The smallest absolute Gasteiger partial charge is 0.174 e.